The summed E-state index contributed by atoms with van der Waals surface area (Å²) in [4.78, 5) is 11.1. The van der Waals surface area contributed by atoms with Gasteiger partial charge < -0.3 is 4.74 Å². The molecular formula is C14H18F2N2O4S. The second kappa shape index (κ2) is 6.79. The van der Waals surface area contributed by atoms with Crippen LogP contribution in [0.15, 0.2) is 29.2 Å². The number of methoxy groups -OCH3 is 1. The zero-order valence-electron chi connectivity index (χ0n) is 12.5. The van der Waals surface area contributed by atoms with Crippen LogP contribution in [-0.2, 0) is 14.8 Å². The third kappa shape index (κ3) is 4.87. The van der Waals surface area contributed by atoms with Gasteiger partial charge >= 0.3 is 6.09 Å². The number of anilines is 1. The normalized spacial score (nSPS) is 18.4. The van der Waals surface area contributed by atoms with Crippen molar-refractivity contribution in [3.63, 3.8) is 0 Å². The van der Waals surface area contributed by atoms with Gasteiger partial charge in [-0.1, -0.05) is 0 Å². The molecule has 0 saturated heterocycles. The number of amides is 1. The van der Waals surface area contributed by atoms with Crippen LogP contribution in [0.25, 0.3) is 0 Å². The summed E-state index contributed by atoms with van der Waals surface area (Å²) in [5.74, 6) is -2.71. The van der Waals surface area contributed by atoms with Gasteiger partial charge in [-0.2, -0.15) is 0 Å². The third-order valence-corrected chi connectivity index (χ3v) is 5.17. The Labute approximate surface area is 133 Å². The standard InChI is InChI=1S/C14H18F2N2O4S/c1-22-13(19)17-10-2-4-12(5-3-10)23(20,21)18-11-6-8-14(15,16)9-7-11/h2-5,11,18H,6-9H2,1H3,(H,17,19). The van der Waals surface area contributed by atoms with E-state index in [0.717, 1.165) is 0 Å². The largest absolute Gasteiger partial charge is 0.453 e. The molecule has 23 heavy (non-hydrogen) atoms. The Morgan fingerprint density at radius 3 is 2.30 bits per heavy atom. The predicted octanol–water partition coefficient (Wildman–Crippen LogP) is 2.72. The number of benzene rings is 1. The van der Waals surface area contributed by atoms with E-state index >= 15 is 0 Å². The minimum atomic E-state index is -3.79. The highest BCUT2D eigenvalue weighted by atomic mass is 32.2. The van der Waals surface area contributed by atoms with Crippen molar-refractivity contribution in [3.8, 4) is 0 Å². The van der Waals surface area contributed by atoms with Crippen LogP contribution in [0.3, 0.4) is 0 Å². The number of nitrogens with one attached hydrogen (secondary N) is 2. The molecule has 1 aromatic carbocycles. The predicted molar refractivity (Wildman–Crippen MR) is 80.0 cm³/mol. The molecule has 0 aromatic heterocycles. The number of sulfonamides is 1. The quantitative estimate of drug-likeness (QED) is 0.876. The van der Waals surface area contributed by atoms with Crippen molar-refractivity contribution in [2.24, 2.45) is 0 Å². The lowest BCUT2D eigenvalue weighted by Crippen LogP contribution is -2.40. The van der Waals surface area contributed by atoms with E-state index in [4.69, 9.17) is 0 Å². The molecule has 1 aliphatic rings. The number of carbonyl (C=O) groups is 1. The van der Waals surface area contributed by atoms with Gasteiger partial charge in [-0.05, 0) is 37.1 Å². The molecule has 0 radical (unpaired) electrons. The van der Waals surface area contributed by atoms with Gasteiger partial charge in [0.25, 0.3) is 0 Å². The summed E-state index contributed by atoms with van der Waals surface area (Å²) in [7, 11) is -2.57. The summed E-state index contributed by atoms with van der Waals surface area (Å²) in [6.45, 7) is 0. The van der Waals surface area contributed by atoms with E-state index in [-0.39, 0.29) is 30.6 Å². The summed E-state index contributed by atoms with van der Waals surface area (Å²) in [6, 6.07) is 4.99. The first-order chi connectivity index (χ1) is 10.7. The van der Waals surface area contributed by atoms with Gasteiger partial charge in [0.2, 0.25) is 15.9 Å². The van der Waals surface area contributed by atoms with E-state index in [1.54, 1.807) is 0 Å². The fraction of sp³-hybridized carbons (Fsp3) is 0.500. The smallest absolute Gasteiger partial charge is 0.411 e. The van der Waals surface area contributed by atoms with Crippen molar-refractivity contribution in [2.45, 2.75) is 42.5 Å². The maximum atomic E-state index is 13.1. The van der Waals surface area contributed by atoms with Crippen LogP contribution in [0.1, 0.15) is 25.7 Å². The van der Waals surface area contributed by atoms with E-state index in [2.05, 4.69) is 14.8 Å². The Morgan fingerprint density at radius 2 is 1.78 bits per heavy atom. The molecule has 0 heterocycles. The molecule has 1 fully saturated rings. The molecule has 1 saturated carbocycles. The molecular weight excluding hydrogens is 330 g/mol. The summed E-state index contributed by atoms with van der Waals surface area (Å²) < 4.78 is 57.5. The Morgan fingerprint density at radius 1 is 1.22 bits per heavy atom. The SMILES string of the molecule is COC(=O)Nc1ccc(S(=O)(=O)NC2CCC(F)(F)CC2)cc1. The second-order valence-corrected chi connectivity index (χ2v) is 7.11. The fourth-order valence-electron chi connectivity index (χ4n) is 2.33. The number of alkyl halides is 2. The Balaban J connectivity index is 2.01. The first kappa shape index (κ1) is 17.6. The van der Waals surface area contributed by atoms with Crippen LogP contribution >= 0.6 is 0 Å². The summed E-state index contributed by atoms with van der Waals surface area (Å²) in [5, 5.41) is 2.40. The number of rotatable bonds is 4. The van der Waals surface area contributed by atoms with E-state index in [1.165, 1.54) is 31.4 Å². The number of halogens is 2. The number of ether oxygens (including phenoxy) is 1. The zero-order valence-corrected chi connectivity index (χ0v) is 13.3. The molecule has 6 nitrogen and oxygen atoms in total. The van der Waals surface area contributed by atoms with Gasteiger partial charge in [0.1, 0.15) is 0 Å². The van der Waals surface area contributed by atoms with Gasteiger partial charge in [0.05, 0.1) is 12.0 Å². The van der Waals surface area contributed by atoms with Crippen LogP contribution in [0.2, 0.25) is 0 Å². The number of hydrogen-bond acceptors (Lipinski definition) is 4. The molecule has 0 atom stereocenters. The first-order valence-electron chi connectivity index (χ1n) is 7.07. The topological polar surface area (TPSA) is 84.5 Å². The van der Waals surface area contributed by atoms with Crippen LogP contribution in [-0.4, -0.2) is 33.6 Å². The summed E-state index contributed by atoms with van der Waals surface area (Å²) in [5.41, 5.74) is 0.383. The first-order valence-corrected chi connectivity index (χ1v) is 8.55. The highest BCUT2D eigenvalue weighted by molar-refractivity contribution is 7.89. The number of hydrogen-bond donors (Lipinski definition) is 2. The Bertz CT molecular complexity index is 652. The lowest BCUT2D eigenvalue weighted by atomic mass is 9.93. The van der Waals surface area contributed by atoms with Crippen molar-refractivity contribution < 1.29 is 26.7 Å². The monoisotopic (exact) mass is 348 g/mol. The van der Waals surface area contributed by atoms with Gasteiger partial charge in [0.15, 0.2) is 0 Å². The summed E-state index contributed by atoms with van der Waals surface area (Å²) in [6.07, 6.45) is -1.09. The molecule has 9 heteroatoms. The summed E-state index contributed by atoms with van der Waals surface area (Å²) >= 11 is 0. The van der Waals surface area contributed by atoms with E-state index in [0.29, 0.717) is 5.69 Å². The van der Waals surface area contributed by atoms with E-state index in [9.17, 15) is 22.0 Å². The zero-order chi connectivity index (χ0) is 17.1. The lowest BCUT2D eigenvalue weighted by Gasteiger charge is -2.28. The van der Waals surface area contributed by atoms with Crippen molar-refractivity contribution in [1.82, 2.24) is 4.72 Å². The van der Waals surface area contributed by atoms with Crippen molar-refractivity contribution in [1.29, 1.82) is 0 Å². The highest BCUT2D eigenvalue weighted by Crippen LogP contribution is 2.33. The maximum Gasteiger partial charge on any atom is 0.411 e. The average Bonchev–Trinajstić information content (AvgIpc) is 2.50. The highest BCUT2D eigenvalue weighted by Gasteiger charge is 2.36. The molecule has 1 aliphatic carbocycles. The van der Waals surface area contributed by atoms with E-state index < -0.39 is 28.1 Å². The van der Waals surface area contributed by atoms with Crippen LogP contribution < -0.4 is 10.0 Å². The molecule has 1 aromatic rings. The van der Waals surface area contributed by atoms with E-state index in [1.807, 2.05) is 0 Å². The molecule has 0 bridgehead atoms. The van der Waals surface area contributed by atoms with Crippen LogP contribution in [0, 0.1) is 0 Å². The Hall–Kier alpha value is -1.74. The van der Waals surface area contributed by atoms with Crippen LogP contribution in [0.4, 0.5) is 19.3 Å². The fourth-order valence-corrected chi connectivity index (χ4v) is 3.64. The van der Waals surface area contributed by atoms with Gasteiger partial charge in [0, 0.05) is 24.6 Å². The molecule has 2 N–H and O–H groups in total. The van der Waals surface area contributed by atoms with Gasteiger partial charge in [-0.15, -0.1) is 0 Å². The van der Waals surface area contributed by atoms with Gasteiger partial charge in [-0.3, -0.25) is 5.32 Å². The van der Waals surface area contributed by atoms with Crippen molar-refractivity contribution in [3.05, 3.63) is 24.3 Å². The van der Waals surface area contributed by atoms with Gasteiger partial charge in [-0.25, -0.2) is 26.7 Å². The lowest BCUT2D eigenvalue weighted by molar-refractivity contribution is -0.0387. The molecule has 0 spiro atoms. The molecule has 0 unspecified atom stereocenters. The van der Waals surface area contributed by atoms with Crippen molar-refractivity contribution >= 4 is 21.8 Å². The second-order valence-electron chi connectivity index (χ2n) is 5.39. The molecule has 1 amide bonds. The number of carbonyl (C=O) groups excluding carboxylic acids is 1. The van der Waals surface area contributed by atoms with Crippen LogP contribution in [0.5, 0.6) is 0 Å². The molecule has 0 aliphatic heterocycles. The average molecular weight is 348 g/mol. The Kier molecular flexibility index (Phi) is 5.20. The minimum absolute atomic E-state index is 0.00486. The minimum Gasteiger partial charge on any atom is -0.453 e. The van der Waals surface area contributed by atoms with Crippen molar-refractivity contribution in [2.75, 3.05) is 12.4 Å². The maximum absolute atomic E-state index is 13.1. The third-order valence-electron chi connectivity index (χ3n) is 3.64. The molecule has 128 valence electrons. The molecule has 2 rings (SSSR count).